The highest BCUT2D eigenvalue weighted by Crippen LogP contribution is 2.45. The highest BCUT2D eigenvalue weighted by Gasteiger charge is 2.20. The zero-order chi connectivity index (χ0) is 11.1. The van der Waals surface area contributed by atoms with E-state index in [0.29, 0.717) is 0 Å². The molecular weight excluding hydrogens is 218 g/mol. The normalized spacial score (nSPS) is 13.8. The van der Waals surface area contributed by atoms with Crippen molar-refractivity contribution in [2.24, 2.45) is 0 Å². The molecular formula is C13H13NOS. The van der Waals surface area contributed by atoms with E-state index in [-0.39, 0.29) is 6.61 Å². The molecule has 0 fully saturated rings. The highest BCUT2D eigenvalue weighted by atomic mass is 32.2. The first kappa shape index (κ1) is 10.00. The largest absolute Gasteiger partial charge is 0.396 e. The minimum absolute atomic E-state index is 0.210. The van der Waals surface area contributed by atoms with Crippen LogP contribution in [0, 0.1) is 0 Å². The van der Waals surface area contributed by atoms with E-state index >= 15 is 0 Å². The van der Waals surface area contributed by atoms with Crippen molar-refractivity contribution in [2.75, 3.05) is 18.0 Å². The van der Waals surface area contributed by atoms with Gasteiger partial charge in [0, 0.05) is 23.9 Å². The van der Waals surface area contributed by atoms with Crippen molar-refractivity contribution in [3.63, 3.8) is 0 Å². The van der Waals surface area contributed by atoms with E-state index < -0.39 is 0 Å². The summed E-state index contributed by atoms with van der Waals surface area (Å²) in [6, 6.07) is 10.7. The molecule has 0 amide bonds. The smallest absolute Gasteiger partial charge is 0.0560 e. The van der Waals surface area contributed by atoms with Crippen molar-refractivity contribution in [3.05, 3.63) is 35.9 Å². The van der Waals surface area contributed by atoms with E-state index in [2.05, 4.69) is 41.7 Å². The molecule has 3 heteroatoms. The second kappa shape index (κ2) is 3.68. The number of aliphatic hydroxyl groups is 1. The monoisotopic (exact) mass is 231 g/mol. The predicted octanol–water partition coefficient (Wildman–Crippen LogP) is 2.83. The van der Waals surface area contributed by atoms with Gasteiger partial charge < -0.3 is 9.41 Å². The van der Waals surface area contributed by atoms with Crippen molar-refractivity contribution >= 4 is 28.4 Å². The Morgan fingerprint density at radius 1 is 1.25 bits per heavy atom. The Morgan fingerprint density at radius 3 is 2.94 bits per heavy atom. The van der Waals surface area contributed by atoms with Gasteiger partial charge in [-0.25, -0.2) is 0 Å². The van der Waals surface area contributed by atoms with E-state index in [1.165, 1.54) is 26.9 Å². The molecule has 2 aromatic rings. The number of hydrogen-bond acceptors (Lipinski definition) is 3. The Morgan fingerprint density at radius 2 is 2.12 bits per heavy atom. The third kappa shape index (κ3) is 1.32. The third-order valence-electron chi connectivity index (χ3n) is 3.03. The molecule has 0 aliphatic carbocycles. The van der Waals surface area contributed by atoms with Gasteiger partial charge in [0.05, 0.1) is 5.69 Å². The number of anilines is 1. The molecule has 2 nitrogen and oxygen atoms in total. The standard InChI is InChI=1S/C13H13NOS/c1-14-11-4-2-3-10-9(7-8-15)5-6-12(16-14)13(10)11/h2-6,15H,7-8H2,1H3. The van der Waals surface area contributed by atoms with Gasteiger partial charge in [0.1, 0.15) is 0 Å². The SMILES string of the molecule is CN1Sc2ccc(CCO)c3cccc1c23. The van der Waals surface area contributed by atoms with Gasteiger partial charge in [-0.3, -0.25) is 0 Å². The average molecular weight is 231 g/mol. The summed E-state index contributed by atoms with van der Waals surface area (Å²) in [5.41, 5.74) is 2.51. The fourth-order valence-electron chi connectivity index (χ4n) is 2.29. The molecule has 0 unspecified atom stereocenters. The van der Waals surface area contributed by atoms with Crippen LogP contribution in [-0.2, 0) is 6.42 Å². The van der Waals surface area contributed by atoms with E-state index in [0.717, 1.165) is 6.42 Å². The lowest BCUT2D eigenvalue weighted by Gasteiger charge is -2.09. The maximum absolute atomic E-state index is 9.07. The van der Waals surface area contributed by atoms with Crippen LogP contribution in [0.5, 0.6) is 0 Å². The Bertz CT molecular complexity index is 553. The first-order chi connectivity index (χ1) is 7.81. The molecule has 1 aliphatic rings. The molecule has 1 N–H and O–H groups in total. The second-order valence-corrected chi connectivity index (χ2v) is 5.16. The summed E-state index contributed by atoms with van der Waals surface area (Å²) in [5.74, 6) is 0. The lowest BCUT2D eigenvalue weighted by Crippen LogP contribution is -2.00. The van der Waals surface area contributed by atoms with Gasteiger partial charge in [0.2, 0.25) is 0 Å². The quantitative estimate of drug-likeness (QED) is 0.804. The number of hydrogen-bond donors (Lipinski definition) is 1. The number of benzene rings is 2. The molecule has 0 atom stereocenters. The van der Waals surface area contributed by atoms with Crippen molar-refractivity contribution in [3.8, 4) is 0 Å². The van der Waals surface area contributed by atoms with Crippen molar-refractivity contribution in [1.82, 2.24) is 0 Å². The van der Waals surface area contributed by atoms with E-state index in [1.807, 2.05) is 0 Å². The maximum atomic E-state index is 9.07. The van der Waals surface area contributed by atoms with Crippen molar-refractivity contribution in [1.29, 1.82) is 0 Å². The fraction of sp³-hybridized carbons (Fsp3) is 0.231. The van der Waals surface area contributed by atoms with Crippen LogP contribution in [0.25, 0.3) is 10.8 Å². The molecule has 3 rings (SSSR count). The zero-order valence-electron chi connectivity index (χ0n) is 9.10. The molecule has 1 aliphatic heterocycles. The molecule has 0 aromatic heterocycles. The predicted molar refractivity (Wildman–Crippen MR) is 69.0 cm³/mol. The zero-order valence-corrected chi connectivity index (χ0v) is 9.92. The third-order valence-corrected chi connectivity index (χ3v) is 4.03. The first-order valence-corrected chi connectivity index (χ1v) is 6.16. The summed E-state index contributed by atoms with van der Waals surface area (Å²) < 4.78 is 2.19. The van der Waals surface area contributed by atoms with Crippen LogP contribution in [-0.4, -0.2) is 18.8 Å². The lowest BCUT2D eigenvalue weighted by atomic mass is 10.0. The molecule has 0 bridgehead atoms. The Labute approximate surface area is 99.0 Å². The van der Waals surface area contributed by atoms with Crippen LogP contribution in [0.15, 0.2) is 35.2 Å². The summed E-state index contributed by atoms with van der Waals surface area (Å²) in [4.78, 5) is 1.31. The summed E-state index contributed by atoms with van der Waals surface area (Å²) in [6.45, 7) is 0.210. The number of aliphatic hydroxyl groups excluding tert-OH is 1. The van der Waals surface area contributed by atoms with Gasteiger partial charge in [-0.15, -0.1) is 0 Å². The van der Waals surface area contributed by atoms with Crippen molar-refractivity contribution < 1.29 is 5.11 Å². The Hall–Kier alpha value is -1.19. The van der Waals surface area contributed by atoms with Crippen LogP contribution in [0.4, 0.5) is 5.69 Å². The maximum Gasteiger partial charge on any atom is 0.0560 e. The highest BCUT2D eigenvalue weighted by molar-refractivity contribution is 8.01. The summed E-state index contributed by atoms with van der Waals surface area (Å²) in [7, 11) is 2.09. The molecule has 2 aromatic carbocycles. The minimum atomic E-state index is 0.210. The minimum Gasteiger partial charge on any atom is -0.396 e. The van der Waals surface area contributed by atoms with Crippen LogP contribution in [0.3, 0.4) is 0 Å². The van der Waals surface area contributed by atoms with E-state index in [4.69, 9.17) is 5.11 Å². The molecule has 0 spiro atoms. The fourth-order valence-corrected chi connectivity index (χ4v) is 3.27. The van der Waals surface area contributed by atoms with Gasteiger partial charge in [0.15, 0.2) is 0 Å². The van der Waals surface area contributed by atoms with E-state index in [1.54, 1.807) is 11.9 Å². The van der Waals surface area contributed by atoms with Gasteiger partial charge >= 0.3 is 0 Å². The van der Waals surface area contributed by atoms with Crippen LogP contribution in [0.1, 0.15) is 5.56 Å². The Kier molecular flexibility index (Phi) is 2.30. The molecule has 0 saturated heterocycles. The number of nitrogens with zero attached hydrogens (tertiary/aromatic N) is 1. The molecule has 1 heterocycles. The average Bonchev–Trinajstić information content (AvgIpc) is 2.62. The summed E-state index contributed by atoms with van der Waals surface area (Å²) in [6.07, 6.45) is 0.731. The summed E-state index contributed by atoms with van der Waals surface area (Å²) in [5, 5.41) is 11.7. The molecule has 0 radical (unpaired) electrons. The second-order valence-electron chi connectivity index (χ2n) is 3.98. The Balaban J connectivity index is 2.32. The molecule has 16 heavy (non-hydrogen) atoms. The molecule has 0 saturated carbocycles. The van der Waals surface area contributed by atoms with Crippen LogP contribution in [0.2, 0.25) is 0 Å². The van der Waals surface area contributed by atoms with Crippen LogP contribution < -0.4 is 4.31 Å². The van der Waals surface area contributed by atoms with E-state index in [9.17, 15) is 0 Å². The van der Waals surface area contributed by atoms with Crippen LogP contribution >= 0.6 is 11.9 Å². The topological polar surface area (TPSA) is 23.5 Å². The number of rotatable bonds is 2. The first-order valence-electron chi connectivity index (χ1n) is 5.38. The summed E-state index contributed by atoms with van der Waals surface area (Å²) >= 11 is 1.77. The van der Waals surface area contributed by atoms with Gasteiger partial charge in [-0.2, -0.15) is 0 Å². The lowest BCUT2D eigenvalue weighted by molar-refractivity contribution is 0.300. The molecule has 82 valence electrons. The van der Waals surface area contributed by atoms with Gasteiger partial charge in [0.25, 0.3) is 0 Å². The van der Waals surface area contributed by atoms with Gasteiger partial charge in [-0.05, 0) is 41.5 Å². The van der Waals surface area contributed by atoms with Gasteiger partial charge in [-0.1, -0.05) is 18.2 Å². The van der Waals surface area contributed by atoms with Crippen molar-refractivity contribution in [2.45, 2.75) is 11.3 Å².